The number of piperidine rings is 1. The maximum Gasteiger partial charge on any atom is 0.233 e. The van der Waals surface area contributed by atoms with Crippen molar-refractivity contribution in [2.75, 3.05) is 24.5 Å². The fraction of sp³-hybridized carbons (Fsp3) is 0.588. The molecular weight excluding hydrogens is 248 g/mol. The molecule has 0 aromatic heterocycles. The number of hydrogen-bond donors (Lipinski definition) is 1. The number of fused-ring (bicyclic) bond motifs is 1. The predicted octanol–water partition coefficient (Wildman–Crippen LogP) is 2.66. The Hall–Kier alpha value is -1.35. The van der Waals surface area contributed by atoms with Gasteiger partial charge in [0.15, 0.2) is 0 Å². The Morgan fingerprint density at radius 3 is 2.80 bits per heavy atom. The summed E-state index contributed by atoms with van der Waals surface area (Å²) < 4.78 is 0. The van der Waals surface area contributed by atoms with Gasteiger partial charge in [0.1, 0.15) is 0 Å². The van der Waals surface area contributed by atoms with E-state index in [1.165, 1.54) is 16.8 Å². The quantitative estimate of drug-likeness (QED) is 0.852. The molecule has 0 unspecified atom stereocenters. The van der Waals surface area contributed by atoms with Gasteiger partial charge in [-0.15, -0.1) is 0 Å². The minimum atomic E-state index is -0.192. The van der Waals surface area contributed by atoms with Crippen LogP contribution in [0.1, 0.15) is 37.3 Å². The molecule has 2 aliphatic rings. The first-order valence-corrected chi connectivity index (χ1v) is 7.73. The van der Waals surface area contributed by atoms with Gasteiger partial charge < -0.3 is 10.2 Å². The Balaban J connectivity index is 1.94. The maximum absolute atomic E-state index is 13.1. The zero-order valence-corrected chi connectivity index (χ0v) is 12.5. The van der Waals surface area contributed by atoms with Gasteiger partial charge in [-0.3, -0.25) is 4.79 Å². The van der Waals surface area contributed by atoms with Gasteiger partial charge in [-0.05, 0) is 56.8 Å². The summed E-state index contributed by atoms with van der Waals surface area (Å²) >= 11 is 0. The SMILES string of the molecule is Cc1cccc2c1N(C(=O)C1(C)CCNCC1)CCC2. The molecule has 0 spiro atoms. The van der Waals surface area contributed by atoms with Crippen LogP contribution in [0.2, 0.25) is 0 Å². The molecule has 0 bridgehead atoms. The van der Waals surface area contributed by atoms with E-state index in [2.05, 4.69) is 42.3 Å². The molecule has 3 nitrogen and oxygen atoms in total. The molecule has 2 aliphatic heterocycles. The largest absolute Gasteiger partial charge is 0.317 e. The number of anilines is 1. The zero-order chi connectivity index (χ0) is 14.2. The van der Waals surface area contributed by atoms with Crippen LogP contribution in [-0.4, -0.2) is 25.5 Å². The number of carbonyl (C=O) groups is 1. The van der Waals surface area contributed by atoms with Crippen LogP contribution in [0, 0.1) is 12.3 Å². The minimum absolute atomic E-state index is 0.192. The Labute approximate surface area is 121 Å². The summed E-state index contributed by atoms with van der Waals surface area (Å²) in [5.41, 5.74) is 3.56. The van der Waals surface area contributed by atoms with Gasteiger partial charge in [-0.2, -0.15) is 0 Å². The first kappa shape index (κ1) is 13.6. The molecule has 20 heavy (non-hydrogen) atoms. The lowest BCUT2D eigenvalue weighted by molar-refractivity contribution is -0.128. The van der Waals surface area contributed by atoms with Gasteiger partial charge in [-0.25, -0.2) is 0 Å². The third-order valence-electron chi connectivity index (χ3n) is 4.89. The van der Waals surface area contributed by atoms with Crippen LogP contribution >= 0.6 is 0 Å². The molecule has 1 N–H and O–H groups in total. The maximum atomic E-state index is 13.1. The molecule has 2 heterocycles. The average Bonchev–Trinajstić information content (AvgIpc) is 2.47. The van der Waals surface area contributed by atoms with Crippen molar-refractivity contribution >= 4 is 11.6 Å². The number of rotatable bonds is 1. The summed E-state index contributed by atoms with van der Waals surface area (Å²) in [5, 5.41) is 3.36. The van der Waals surface area contributed by atoms with E-state index in [9.17, 15) is 4.79 Å². The molecule has 3 heteroatoms. The third-order valence-corrected chi connectivity index (χ3v) is 4.89. The van der Waals surface area contributed by atoms with E-state index in [1.54, 1.807) is 0 Å². The first-order valence-electron chi connectivity index (χ1n) is 7.73. The van der Waals surface area contributed by atoms with E-state index in [-0.39, 0.29) is 5.41 Å². The minimum Gasteiger partial charge on any atom is -0.317 e. The van der Waals surface area contributed by atoms with E-state index < -0.39 is 0 Å². The number of nitrogens with zero attached hydrogens (tertiary/aromatic N) is 1. The van der Waals surface area contributed by atoms with Gasteiger partial charge in [0.2, 0.25) is 5.91 Å². The summed E-state index contributed by atoms with van der Waals surface area (Å²) in [5.74, 6) is 0.328. The molecule has 1 fully saturated rings. The Bertz CT molecular complexity index is 518. The van der Waals surface area contributed by atoms with Crippen molar-refractivity contribution in [1.29, 1.82) is 0 Å². The highest BCUT2D eigenvalue weighted by atomic mass is 16.2. The van der Waals surface area contributed by atoms with Crippen molar-refractivity contribution in [2.45, 2.75) is 39.5 Å². The van der Waals surface area contributed by atoms with Crippen molar-refractivity contribution in [2.24, 2.45) is 5.41 Å². The molecule has 108 valence electrons. The van der Waals surface area contributed by atoms with E-state index in [4.69, 9.17) is 0 Å². The van der Waals surface area contributed by atoms with Crippen LogP contribution in [0.3, 0.4) is 0 Å². The Kier molecular flexibility index (Phi) is 3.55. The molecular formula is C17H24N2O. The number of benzene rings is 1. The molecule has 0 saturated carbocycles. The van der Waals surface area contributed by atoms with Crippen LogP contribution in [0.5, 0.6) is 0 Å². The van der Waals surface area contributed by atoms with E-state index in [0.29, 0.717) is 5.91 Å². The van der Waals surface area contributed by atoms with Gasteiger partial charge >= 0.3 is 0 Å². The number of hydrogen-bond acceptors (Lipinski definition) is 2. The summed E-state index contributed by atoms with van der Waals surface area (Å²) in [6, 6.07) is 6.40. The topological polar surface area (TPSA) is 32.3 Å². The van der Waals surface area contributed by atoms with Crippen LogP contribution in [-0.2, 0) is 11.2 Å². The highest BCUT2D eigenvalue weighted by molar-refractivity contribution is 5.99. The van der Waals surface area contributed by atoms with Crippen molar-refractivity contribution in [3.8, 4) is 0 Å². The zero-order valence-electron chi connectivity index (χ0n) is 12.5. The smallest absolute Gasteiger partial charge is 0.233 e. The van der Waals surface area contributed by atoms with Crippen molar-refractivity contribution < 1.29 is 4.79 Å². The van der Waals surface area contributed by atoms with Gasteiger partial charge in [0, 0.05) is 17.6 Å². The molecule has 1 saturated heterocycles. The summed E-state index contributed by atoms with van der Waals surface area (Å²) in [7, 11) is 0. The van der Waals surface area contributed by atoms with E-state index in [0.717, 1.165) is 45.3 Å². The number of nitrogens with one attached hydrogen (secondary N) is 1. The second-order valence-corrected chi connectivity index (χ2v) is 6.45. The molecule has 1 aromatic carbocycles. The predicted molar refractivity (Wildman–Crippen MR) is 82.1 cm³/mol. The standard InChI is InChI=1S/C17H24N2O/c1-13-5-3-6-14-7-4-12-19(15(13)14)16(20)17(2)8-10-18-11-9-17/h3,5-6,18H,4,7-12H2,1-2H3. The summed E-state index contributed by atoms with van der Waals surface area (Å²) in [4.78, 5) is 15.2. The third kappa shape index (κ3) is 2.24. The monoisotopic (exact) mass is 272 g/mol. The van der Waals surface area contributed by atoms with Gasteiger partial charge in [0.25, 0.3) is 0 Å². The highest BCUT2D eigenvalue weighted by Crippen LogP contribution is 2.37. The lowest BCUT2D eigenvalue weighted by Gasteiger charge is -2.40. The average molecular weight is 272 g/mol. The van der Waals surface area contributed by atoms with Gasteiger partial charge in [-0.1, -0.05) is 25.1 Å². The van der Waals surface area contributed by atoms with Crippen LogP contribution in [0.15, 0.2) is 18.2 Å². The summed E-state index contributed by atoms with van der Waals surface area (Å²) in [6.07, 6.45) is 4.07. The highest BCUT2D eigenvalue weighted by Gasteiger charge is 2.39. The molecule has 0 radical (unpaired) electrons. The van der Waals surface area contributed by atoms with Crippen LogP contribution in [0.25, 0.3) is 0 Å². The van der Waals surface area contributed by atoms with Gasteiger partial charge in [0.05, 0.1) is 0 Å². The number of para-hydroxylation sites is 1. The number of amides is 1. The Morgan fingerprint density at radius 2 is 2.05 bits per heavy atom. The fourth-order valence-corrected chi connectivity index (χ4v) is 3.57. The van der Waals surface area contributed by atoms with E-state index >= 15 is 0 Å². The van der Waals surface area contributed by atoms with Crippen LogP contribution in [0.4, 0.5) is 5.69 Å². The molecule has 0 aliphatic carbocycles. The fourth-order valence-electron chi connectivity index (χ4n) is 3.57. The summed E-state index contributed by atoms with van der Waals surface area (Å²) in [6.45, 7) is 7.05. The second kappa shape index (κ2) is 5.21. The number of carbonyl (C=O) groups excluding carboxylic acids is 1. The molecule has 3 rings (SSSR count). The van der Waals surface area contributed by atoms with Crippen LogP contribution < -0.4 is 10.2 Å². The first-order chi connectivity index (χ1) is 9.62. The molecule has 0 atom stereocenters. The van der Waals surface area contributed by atoms with E-state index in [1.807, 2.05) is 0 Å². The number of aryl methyl sites for hydroxylation is 2. The van der Waals surface area contributed by atoms with Crippen molar-refractivity contribution in [3.63, 3.8) is 0 Å². The normalized spacial score (nSPS) is 21.4. The van der Waals surface area contributed by atoms with Crippen molar-refractivity contribution in [1.82, 2.24) is 5.32 Å². The lowest BCUT2D eigenvalue weighted by atomic mass is 9.79. The lowest BCUT2D eigenvalue weighted by Crippen LogP contribution is -2.49. The van der Waals surface area contributed by atoms with Crippen molar-refractivity contribution in [3.05, 3.63) is 29.3 Å². The Morgan fingerprint density at radius 1 is 1.30 bits per heavy atom. The molecule has 1 aromatic rings. The second-order valence-electron chi connectivity index (χ2n) is 6.45. The molecule has 1 amide bonds.